The number of ketones is 1. The summed E-state index contributed by atoms with van der Waals surface area (Å²) >= 11 is 0. The topological polar surface area (TPSA) is 148 Å². The number of unbranched alkanes of at least 4 members (excludes halogenated alkanes) is 3. The summed E-state index contributed by atoms with van der Waals surface area (Å²) in [5.41, 5.74) is 11.3. The highest BCUT2D eigenvalue weighted by molar-refractivity contribution is 5.94. The third kappa shape index (κ3) is 9.30. The third-order valence-corrected chi connectivity index (χ3v) is 4.59. The van der Waals surface area contributed by atoms with Crippen LogP contribution in [0.25, 0.3) is 0 Å². The molecule has 0 aromatic rings. The van der Waals surface area contributed by atoms with Crippen molar-refractivity contribution in [2.24, 2.45) is 23.3 Å². The minimum atomic E-state index is -1.17. The number of nitrogens with two attached hydrogens (primary N) is 2. The maximum Gasteiger partial charge on any atom is 0.245 e. The maximum atomic E-state index is 12.5. The van der Waals surface area contributed by atoms with Gasteiger partial charge in [0.1, 0.15) is 6.04 Å². The Kier molecular flexibility index (Phi) is 12.9. The number of Topliss-reactive ketones (excluding diaryl/α,β-unsaturated/α-hetero) is 1. The lowest BCUT2D eigenvalue weighted by Gasteiger charge is -2.26. The third-order valence-electron chi connectivity index (χ3n) is 4.59. The van der Waals surface area contributed by atoms with E-state index >= 15 is 0 Å². The number of hydrogen-bond acceptors (Lipinski definition) is 6. The van der Waals surface area contributed by atoms with Gasteiger partial charge in [-0.15, -0.1) is 0 Å². The fourth-order valence-electron chi connectivity index (χ4n) is 2.76. The molecule has 0 saturated carbocycles. The number of hydrogen-bond donors (Lipinski definition) is 5. The van der Waals surface area contributed by atoms with E-state index < -0.39 is 30.0 Å². The van der Waals surface area contributed by atoms with E-state index in [1.165, 1.54) is 6.92 Å². The van der Waals surface area contributed by atoms with Gasteiger partial charge in [0, 0.05) is 19.0 Å². The molecule has 0 aliphatic rings. The number of aliphatic hydroxyl groups excluding tert-OH is 1. The zero-order valence-electron chi connectivity index (χ0n) is 17.2. The average molecular weight is 387 g/mol. The van der Waals surface area contributed by atoms with E-state index in [1.54, 1.807) is 13.8 Å². The van der Waals surface area contributed by atoms with E-state index in [0.717, 1.165) is 25.7 Å². The predicted molar refractivity (Wildman–Crippen MR) is 106 cm³/mol. The van der Waals surface area contributed by atoms with E-state index in [2.05, 4.69) is 17.6 Å². The average Bonchev–Trinajstić information content (AvgIpc) is 2.62. The van der Waals surface area contributed by atoms with Gasteiger partial charge in [0.25, 0.3) is 0 Å². The van der Waals surface area contributed by atoms with E-state index in [9.17, 15) is 19.5 Å². The van der Waals surface area contributed by atoms with Crippen LogP contribution in [0.15, 0.2) is 0 Å². The summed E-state index contributed by atoms with van der Waals surface area (Å²) in [6.45, 7) is 7.07. The van der Waals surface area contributed by atoms with Crippen molar-refractivity contribution in [3.8, 4) is 0 Å². The number of carbonyl (C=O) groups is 3. The minimum absolute atomic E-state index is 0.0495. The van der Waals surface area contributed by atoms with E-state index in [1.807, 2.05) is 0 Å². The van der Waals surface area contributed by atoms with Crippen molar-refractivity contribution in [2.45, 2.75) is 78.0 Å². The highest BCUT2D eigenvalue weighted by Gasteiger charge is 2.31. The Morgan fingerprint density at radius 2 is 1.56 bits per heavy atom. The summed E-state index contributed by atoms with van der Waals surface area (Å²) in [5, 5.41) is 15.0. The molecule has 0 saturated heterocycles. The molecule has 7 N–H and O–H groups in total. The van der Waals surface area contributed by atoms with Crippen LogP contribution in [0.3, 0.4) is 0 Å². The Labute approximate surface area is 162 Å². The largest absolute Gasteiger partial charge is 0.391 e. The first kappa shape index (κ1) is 25.5. The summed E-state index contributed by atoms with van der Waals surface area (Å²) in [6.07, 6.45) is 3.61. The molecule has 0 heterocycles. The molecule has 0 aromatic carbocycles. The lowest BCUT2D eigenvalue weighted by Crippen LogP contribution is -2.58. The summed E-state index contributed by atoms with van der Waals surface area (Å²) in [5.74, 6) is -1.90. The molecule has 0 bridgehead atoms. The number of carbonyl (C=O) groups excluding carboxylic acids is 3. The standard InChI is InChI=1S/C19H38N4O4/c1-5-6-7-8-9-14(10-20)18(26)23-16(13(4)24)19(27)22-15(11-21)17(25)12(2)3/h12-16,24H,5-11,20-21H2,1-4H3,(H,22,27)(H,23,26)/t13-,14?,15-,16-/m0/s1. The second-order valence-corrected chi connectivity index (χ2v) is 7.36. The quantitative estimate of drug-likeness (QED) is 0.267. The zero-order chi connectivity index (χ0) is 21.0. The summed E-state index contributed by atoms with van der Waals surface area (Å²) < 4.78 is 0. The van der Waals surface area contributed by atoms with Gasteiger partial charge in [-0.1, -0.05) is 46.5 Å². The van der Waals surface area contributed by atoms with Crippen LogP contribution in [0.5, 0.6) is 0 Å². The Morgan fingerprint density at radius 1 is 0.926 bits per heavy atom. The Balaban J connectivity index is 4.92. The fourth-order valence-corrected chi connectivity index (χ4v) is 2.76. The molecule has 8 heteroatoms. The monoisotopic (exact) mass is 386 g/mol. The molecule has 4 atom stereocenters. The van der Waals surface area contributed by atoms with Gasteiger partial charge in [-0.05, 0) is 13.3 Å². The van der Waals surface area contributed by atoms with Crippen LogP contribution in [0.2, 0.25) is 0 Å². The lowest BCUT2D eigenvalue weighted by molar-refractivity contribution is -0.135. The molecule has 0 aromatic heterocycles. The van der Waals surface area contributed by atoms with Crippen molar-refractivity contribution in [1.29, 1.82) is 0 Å². The molecule has 0 radical (unpaired) electrons. The van der Waals surface area contributed by atoms with Crippen molar-refractivity contribution >= 4 is 17.6 Å². The van der Waals surface area contributed by atoms with Crippen LogP contribution < -0.4 is 22.1 Å². The van der Waals surface area contributed by atoms with Crippen LogP contribution >= 0.6 is 0 Å². The van der Waals surface area contributed by atoms with Gasteiger partial charge >= 0.3 is 0 Å². The molecule has 27 heavy (non-hydrogen) atoms. The van der Waals surface area contributed by atoms with Crippen molar-refractivity contribution in [1.82, 2.24) is 10.6 Å². The molecule has 0 spiro atoms. The highest BCUT2D eigenvalue weighted by Crippen LogP contribution is 2.11. The minimum Gasteiger partial charge on any atom is -0.391 e. The Morgan fingerprint density at radius 3 is 2.00 bits per heavy atom. The van der Waals surface area contributed by atoms with Gasteiger partial charge in [-0.2, -0.15) is 0 Å². The number of aliphatic hydroxyl groups is 1. The molecule has 8 nitrogen and oxygen atoms in total. The maximum absolute atomic E-state index is 12.5. The van der Waals surface area contributed by atoms with Gasteiger partial charge in [-0.25, -0.2) is 0 Å². The molecule has 0 fully saturated rings. The van der Waals surface area contributed by atoms with Crippen LogP contribution in [-0.4, -0.2) is 54.0 Å². The van der Waals surface area contributed by atoms with Gasteiger partial charge in [0.15, 0.2) is 5.78 Å². The van der Waals surface area contributed by atoms with E-state index in [-0.39, 0.29) is 30.7 Å². The molecule has 0 aliphatic heterocycles. The summed E-state index contributed by atoms with van der Waals surface area (Å²) in [6, 6.07) is -2.02. The molecular formula is C19H38N4O4. The molecular weight excluding hydrogens is 348 g/mol. The lowest BCUT2D eigenvalue weighted by atomic mass is 9.98. The molecule has 1 unspecified atom stereocenters. The Hall–Kier alpha value is -1.51. The molecule has 0 aliphatic carbocycles. The van der Waals surface area contributed by atoms with Crippen LogP contribution in [-0.2, 0) is 14.4 Å². The second kappa shape index (κ2) is 13.6. The fraction of sp³-hybridized carbons (Fsp3) is 0.842. The first-order chi connectivity index (χ1) is 12.7. The smallest absolute Gasteiger partial charge is 0.245 e. The SMILES string of the molecule is CCCCCCC(CN)C(=O)N[C@H](C(=O)N[C@@H](CN)C(=O)C(C)C)[C@H](C)O. The first-order valence-electron chi connectivity index (χ1n) is 9.92. The highest BCUT2D eigenvalue weighted by atomic mass is 16.3. The van der Waals surface area contributed by atoms with Gasteiger partial charge in [0.2, 0.25) is 11.8 Å². The number of rotatable bonds is 14. The summed E-state index contributed by atoms with van der Waals surface area (Å²) in [7, 11) is 0. The van der Waals surface area contributed by atoms with Gasteiger partial charge in [-0.3, -0.25) is 14.4 Å². The van der Waals surface area contributed by atoms with E-state index in [0.29, 0.717) is 6.42 Å². The normalized spacial score (nSPS) is 15.7. The van der Waals surface area contributed by atoms with Gasteiger partial charge in [0.05, 0.1) is 18.1 Å². The van der Waals surface area contributed by atoms with Crippen LogP contribution in [0, 0.1) is 11.8 Å². The van der Waals surface area contributed by atoms with Crippen LogP contribution in [0.4, 0.5) is 0 Å². The predicted octanol–water partition coefficient (Wildman–Crippen LogP) is 0.0659. The zero-order valence-corrected chi connectivity index (χ0v) is 17.2. The van der Waals surface area contributed by atoms with Crippen molar-refractivity contribution in [3.63, 3.8) is 0 Å². The molecule has 2 amide bonds. The molecule has 0 rings (SSSR count). The number of amides is 2. The van der Waals surface area contributed by atoms with E-state index in [4.69, 9.17) is 11.5 Å². The second-order valence-electron chi connectivity index (χ2n) is 7.36. The molecule has 158 valence electrons. The van der Waals surface area contributed by atoms with Crippen molar-refractivity contribution < 1.29 is 19.5 Å². The van der Waals surface area contributed by atoms with Crippen LogP contribution in [0.1, 0.15) is 59.8 Å². The number of nitrogens with one attached hydrogen (secondary N) is 2. The Bertz CT molecular complexity index is 469. The first-order valence-corrected chi connectivity index (χ1v) is 9.92. The van der Waals surface area contributed by atoms with Gasteiger partial charge < -0.3 is 27.2 Å². The van der Waals surface area contributed by atoms with Crippen molar-refractivity contribution in [2.75, 3.05) is 13.1 Å². The van der Waals surface area contributed by atoms with Crippen molar-refractivity contribution in [3.05, 3.63) is 0 Å². The summed E-state index contributed by atoms with van der Waals surface area (Å²) in [4.78, 5) is 37.1.